The molecule has 0 amide bonds. The summed E-state index contributed by atoms with van der Waals surface area (Å²) in [4.78, 5) is 9.32. The second-order valence-electron chi connectivity index (χ2n) is 7.30. The Morgan fingerprint density at radius 1 is 1.19 bits per heavy atom. The molecule has 0 saturated carbocycles. The number of nitrogens with one attached hydrogen (secondary N) is 2. The third kappa shape index (κ3) is 4.08. The maximum atomic E-state index is 5.87. The molecule has 0 aliphatic rings. The van der Waals surface area contributed by atoms with Crippen molar-refractivity contribution in [3.05, 3.63) is 72.7 Å². The molecule has 4 aromatic rings. The number of nitrogens with zero attached hydrogens (tertiary/aromatic N) is 3. The van der Waals surface area contributed by atoms with Crippen LogP contribution in [-0.4, -0.2) is 21.0 Å². The number of imidazole rings is 1. The van der Waals surface area contributed by atoms with Gasteiger partial charge in [-0.25, -0.2) is 9.97 Å². The number of fused-ring (bicyclic) bond motifs is 1. The molecule has 32 heavy (non-hydrogen) atoms. The lowest BCUT2D eigenvalue weighted by Gasteiger charge is -2.14. The van der Waals surface area contributed by atoms with Gasteiger partial charge in [0, 0.05) is 41.1 Å². The SMILES string of the molecule is C=C(N)c1ccc(-c2cn3ccnc3c(Nc3ccc(OCC)c(CC)c3)n2)cc1NN. The summed E-state index contributed by atoms with van der Waals surface area (Å²) in [5, 5.41) is 3.42. The molecule has 0 aliphatic heterocycles. The van der Waals surface area contributed by atoms with Gasteiger partial charge in [-0.2, -0.15) is 0 Å². The molecule has 6 N–H and O–H groups in total. The summed E-state index contributed by atoms with van der Waals surface area (Å²) < 4.78 is 7.66. The molecule has 2 aromatic carbocycles. The molecular weight excluding hydrogens is 402 g/mol. The molecule has 0 spiro atoms. The summed E-state index contributed by atoms with van der Waals surface area (Å²) in [6.07, 6.45) is 6.43. The molecule has 0 radical (unpaired) electrons. The van der Waals surface area contributed by atoms with Gasteiger partial charge in [0.25, 0.3) is 0 Å². The lowest BCUT2D eigenvalue weighted by atomic mass is 10.1. The van der Waals surface area contributed by atoms with Crippen LogP contribution in [-0.2, 0) is 6.42 Å². The first kappa shape index (κ1) is 21.2. The average Bonchev–Trinajstić information content (AvgIpc) is 3.28. The fourth-order valence-electron chi connectivity index (χ4n) is 3.62. The van der Waals surface area contributed by atoms with Crippen LogP contribution < -0.4 is 27.1 Å². The fourth-order valence-corrected chi connectivity index (χ4v) is 3.62. The zero-order chi connectivity index (χ0) is 22.7. The number of hydrogen-bond donors (Lipinski definition) is 4. The van der Waals surface area contributed by atoms with Crippen LogP contribution in [0.2, 0.25) is 0 Å². The number of aryl methyl sites for hydroxylation is 1. The van der Waals surface area contributed by atoms with Gasteiger partial charge in [-0.15, -0.1) is 0 Å². The molecule has 0 saturated heterocycles. The first-order chi connectivity index (χ1) is 15.5. The number of nitrogens with two attached hydrogens (primary N) is 2. The van der Waals surface area contributed by atoms with Gasteiger partial charge in [0.1, 0.15) is 5.75 Å². The zero-order valence-electron chi connectivity index (χ0n) is 18.2. The van der Waals surface area contributed by atoms with E-state index >= 15 is 0 Å². The lowest BCUT2D eigenvalue weighted by molar-refractivity contribution is 0.337. The van der Waals surface area contributed by atoms with E-state index in [0.29, 0.717) is 23.8 Å². The van der Waals surface area contributed by atoms with Gasteiger partial charge in [-0.05, 0) is 43.2 Å². The van der Waals surface area contributed by atoms with E-state index in [9.17, 15) is 0 Å². The molecule has 8 heteroatoms. The Morgan fingerprint density at radius 3 is 2.75 bits per heavy atom. The first-order valence-corrected chi connectivity index (χ1v) is 10.5. The third-order valence-corrected chi connectivity index (χ3v) is 5.19. The van der Waals surface area contributed by atoms with Crippen molar-refractivity contribution in [1.82, 2.24) is 14.4 Å². The molecule has 0 bridgehead atoms. The summed E-state index contributed by atoms with van der Waals surface area (Å²) in [6, 6.07) is 11.8. The van der Waals surface area contributed by atoms with E-state index in [1.807, 2.05) is 54.0 Å². The summed E-state index contributed by atoms with van der Waals surface area (Å²) in [5.41, 5.74) is 14.8. The van der Waals surface area contributed by atoms with Crippen LogP contribution in [0.15, 0.2) is 61.6 Å². The average molecular weight is 430 g/mol. The van der Waals surface area contributed by atoms with E-state index in [2.05, 4.69) is 35.3 Å². The molecule has 0 fully saturated rings. The largest absolute Gasteiger partial charge is 0.494 e. The van der Waals surface area contributed by atoms with E-state index in [4.69, 9.17) is 21.3 Å². The minimum absolute atomic E-state index is 0.437. The zero-order valence-corrected chi connectivity index (χ0v) is 18.2. The smallest absolute Gasteiger partial charge is 0.180 e. The second kappa shape index (κ2) is 8.99. The highest BCUT2D eigenvalue weighted by molar-refractivity contribution is 5.79. The number of hydrogen-bond acceptors (Lipinski definition) is 7. The Balaban J connectivity index is 1.76. The van der Waals surface area contributed by atoms with E-state index < -0.39 is 0 Å². The van der Waals surface area contributed by atoms with E-state index in [-0.39, 0.29) is 0 Å². The van der Waals surface area contributed by atoms with Crippen LogP contribution in [0.3, 0.4) is 0 Å². The van der Waals surface area contributed by atoms with Crippen molar-refractivity contribution in [2.45, 2.75) is 20.3 Å². The van der Waals surface area contributed by atoms with Gasteiger partial charge in [0.05, 0.1) is 18.0 Å². The van der Waals surface area contributed by atoms with Crippen LogP contribution in [0.5, 0.6) is 5.75 Å². The van der Waals surface area contributed by atoms with Crippen molar-refractivity contribution in [2.24, 2.45) is 11.6 Å². The Hall–Kier alpha value is -4.04. The van der Waals surface area contributed by atoms with Crippen molar-refractivity contribution >= 4 is 28.5 Å². The number of nitrogen functional groups attached to an aromatic ring is 1. The summed E-state index contributed by atoms with van der Waals surface area (Å²) in [6.45, 7) is 8.52. The Labute approximate surface area is 186 Å². The number of anilines is 3. The van der Waals surface area contributed by atoms with Crippen molar-refractivity contribution in [2.75, 3.05) is 17.3 Å². The molecule has 8 nitrogen and oxygen atoms in total. The van der Waals surface area contributed by atoms with E-state index in [1.165, 1.54) is 0 Å². The monoisotopic (exact) mass is 429 g/mol. The van der Waals surface area contributed by atoms with Crippen LogP contribution in [0.25, 0.3) is 22.6 Å². The molecule has 0 atom stereocenters. The molecule has 0 aliphatic carbocycles. The maximum Gasteiger partial charge on any atom is 0.180 e. The molecule has 2 aromatic heterocycles. The third-order valence-electron chi connectivity index (χ3n) is 5.19. The Bertz CT molecular complexity index is 1280. The predicted octanol–water partition coefficient (Wildman–Crippen LogP) is 4.32. The van der Waals surface area contributed by atoms with Crippen molar-refractivity contribution in [3.63, 3.8) is 0 Å². The number of ether oxygens (including phenoxy) is 1. The highest BCUT2D eigenvalue weighted by Gasteiger charge is 2.13. The molecule has 4 rings (SSSR count). The topological polar surface area (TPSA) is 116 Å². The minimum atomic E-state index is 0.437. The number of benzene rings is 2. The van der Waals surface area contributed by atoms with Gasteiger partial charge in [0.15, 0.2) is 11.5 Å². The molecule has 2 heterocycles. The summed E-state index contributed by atoms with van der Waals surface area (Å²) in [7, 11) is 0. The second-order valence-corrected chi connectivity index (χ2v) is 7.30. The van der Waals surface area contributed by atoms with Gasteiger partial charge < -0.3 is 25.6 Å². The van der Waals surface area contributed by atoms with Gasteiger partial charge in [-0.1, -0.05) is 25.6 Å². The number of aromatic nitrogens is 3. The Kier molecular flexibility index (Phi) is 5.96. The highest BCUT2D eigenvalue weighted by atomic mass is 16.5. The van der Waals surface area contributed by atoms with Gasteiger partial charge >= 0.3 is 0 Å². The standard InChI is InChI=1S/C24H27N7O/c1-4-16-12-18(7-9-22(16)32-5-2)28-23-24-27-10-11-31(24)14-21(29-23)17-6-8-19(15(3)25)20(13-17)30-26/h6-14,30H,3-5,25-26H2,1-2H3,(H,28,29). The van der Waals surface area contributed by atoms with Gasteiger partial charge in [-0.3, -0.25) is 5.84 Å². The van der Waals surface area contributed by atoms with Crippen LogP contribution >= 0.6 is 0 Å². The predicted molar refractivity (Wildman–Crippen MR) is 130 cm³/mol. The molecule has 164 valence electrons. The van der Waals surface area contributed by atoms with Crippen LogP contribution in [0.4, 0.5) is 17.2 Å². The minimum Gasteiger partial charge on any atom is -0.494 e. The van der Waals surface area contributed by atoms with E-state index in [0.717, 1.165) is 45.9 Å². The molecule has 0 unspecified atom stereocenters. The first-order valence-electron chi connectivity index (χ1n) is 10.5. The summed E-state index contributed by atoms with van der Waals surface area (Å²) >= 11 is 0. The lowest BCUT2D eigenvalue weighted by Crippen LogP contribution is -2.10. The highest BCUT2D eigenvalue weighted by Crippen LogP contribution is 2.30. The number of hydrazine groups is 1. The normalized spacial score (nSPS) is 10.8. The van der Waals surface area contributed by atoms with Crippen molar-refractivity contribution in [3.8, 4) is 17.0 Å². The van der Waals surface area contributed by atoms with Crippen molar-refractivity contribution in [1.29, 1.82) is 0 Å². The van der Waals surface area contributed by atoms with Crippen LogP contribution in [0, 0.1) is 0 Å². The Morgan fingerprint density at radius 2 is 2.03 bits per heavy atom. The number of rotatable bonds is 8. The molecular formula is C24H27N7O. The van der Waals surface area contributed by atoms with Crippen molar-refractivity contribution < 1.29 is 4.74 Å². The van der Waals surface area contributed by atoms with E-state index in [1.54, 1.807) is 6.20 Å². The van der Waals surface area contributed by atoms with Gasteiger partial charge in [0.2, 0.25) is 0 Å². The summed E-state index contributed by atoms with van der Waals surface area (Å²) in [5.74, 6) is 7.24. The maximum absolute atomic E-state index is 5.87. The fraction of sp³-hybridized carbons (Fsp3) is 0.167. The van der Waals surface area contributed by atoms with Crippen LogP contribution in [0.1, 0.15) is 25.0 Å². The quantitative estimate of drug-likeness (QED) is 0.244.